The molecule has 3 N–H and O–H groups in total. The maximum atomic E-state index is 12.5. The van der Waals surface area contributed by atoms with Crippen molar-refractivity contribution in [1.29, 1.82) is 0 Å². The summed E-state index contributed by atoms with van der Waals surface area (Å²) in [6.45, 7) is 3.68. The third-order valence-electron chi connectivity index (χ3n) is 9.38. The number of esters is 2. The standard InChI is InChI=1S/C42H82NO8P/c1-3-5-7-9-11-13-15-16-17-18-19-20-21-22-23-24-25-27-28-30-32-34-41(44)48-38-40(39-50-52(46,47)49-37-36-43)51-42(45)35-33-31-29-26-14-12-10-8-6-4-2/h8,10,40H,3-7,9,11-39,43H2,1-2H3,(H,46,47)/b10-8-. The Hall–Kier alpha value is -1.25. The van der Waals surface area contributed by atoms with Crippen molar-refractivity contribution >= 4 is 19.8 Å². The van der Waals surface area contributed by atoms with E-state index in [9.17, 15) is 19.0 Å². The van der Waals surface area contributed by atoms with Crippen LogP contribution in [0.2, 0.25) is 0 Å². The van der Waals surface area contributed by atoms with E-state index in [4.69, 9.17) is 24.3 Å². The van der Waals surface area contributed by atoms with Gasteiger partial charge in [-0.3, -0.25) is 18.6 Å². The number of nitrogens with two attached hydrogens (primary N) is 1. The van der Waals surface area contributed by atoms with E-state index in [1.54, 1.807) is 0 Å². The molecular formula is C42H82NO8P. The van der Waals surface area contributed by atoms with Crippen molar-refractivity contribution in [2.75, 3.05) is 26.4 Å². The number of hydrogen-bond donors (Lipinski definition) is 2. The van der Waals surface area contributed by atoms with Gasteiger partial charge in [0.2, 0.25) is 0 Å². The predicted octanol–water partition coefficient (Wildman–Crippen LogP) is 12.2. The first-order valence-electron chi connectivity index (χ1n) is 21.7. The molecule has 0 fully saturated rings. The topological polar surface area (TPSA) is 134 Å². The predicted molar refractivity (Wildman–Crippen MR) is 215 cm³/mol. The number of phosphoric acid groups is 1. The van der Waals surface area contributed by atoms with Crippen LogP contribution in [-0.4, -0.2) is 49.3 Å². The Morgan fingerprint density at radius 1 is 0.558 bits per heavy atom. The second kappa shape index (κ2) is 39.4. The van der Waals surface area contributed by atoms with E-state index in [2.05, 4.69) is 26.0 Å². The number of ether oxygens (including phenoxy) is 2. The number of hydrogen-bond acceptors (Lipinski definition) is 8. The minimum atomic E-state index is -4.37. The van der Waals surface area contributed by atoms with Gasteiger partial charge in [0.15, 0.2) is 6.10 Å². The second-order valence-corrected chi connectivity index (χ2v) is 16.0. The molecule has 9 nitrogen and oxygen atoms in total. The van der Waals surface area contributed by atoms with Crippen molar-refractivity contribution in [3.05, 3.63) is 12.2 Å². The molecule has 0 rings (SSSR count). The lowest BCUT2D eigenvalue weighted by Gasteiger charge is -2.19. The Labute approximate surface area is 319 Å². The maximum Gasteiger partial charge on any atom is 0.472 e. The van der Waals surface area contributed by atoms with Gasteiger partial charge in [-0.25, -0.2) is 4.57 Å². The quantitative estimate of drug-likeness (QED) is 0.0270. The first-order valence-corrected chi connectivity index (χ1v) is 23.2. The molecule has 0 aromatic heterocycles. The Balaban J connectivity index is 4.00. The van der Waals surface area contributed by atoms with Gasteiger partial charge >= 0.3 is 19.8 Å². The Kier molecular flexibility index (Phi) is 38.5. The highest BCUT2D eigenvalue weighted by molar-refractivity contribution is 7.47. The van der Waals surface area contributed by atoms with Crippen LogP contribution in [0.15, 0.2) is 12.2 Å². The van der Waals surface area contributed by atoms with E-state index >= 15 is 0 Å². The first kappa shape index (κ1) is 50.8. The van der Waals surface area contributed by atoms with E-state index in [0.29, 0.717) is 6.42 Å². The average molecular weight is 760 g/mol. The van der Waals surface area contributed by atoms with E-state index in [1.807, 2.05) is 0 Å². The zero-order valence-corrected chi connectivity index (χ0v) is 34.7. The molecule has 0 saturated heterocycles. The van der Waals surface area contributed by atoms with E-state index in [-0.39, 0.29) is 38.6 Å². The van der Waals surface area contributed by atoms with Crippen LogP contribution in [0.5, 0.6) is 0 Å². The van der Waals surface area contributed by atoms with E-state index < -0.39 is 26.5 Å². The number of phosphoric ester groups is 1. The highest BCUT2D eigenvalue weighted by atomic mass is 31.2. The normalized spacial score (nSPS) is 13.4. The summed E-state index contributed by atoms with van der Waals surface area (Å²) in [5, 5.41) is 0. The molecule has 0 heterocycles. The molecule has 0 amide bonds. The van der Waals surface area contributed by atoms with Gasteiger partial charge in [0.05, 0.1) is 13.2 Å². The molecular weight excluding hydrogens is 677 g/mol. The van der Waals surface area contributed by atoms with Crippen LogP contribution in [0, 0.1) is 0 Å². The van der Waals surface area contributed by atoms with Crippen LogP contribution < -0.4 is 5.73 Å². The zero-order chi connectivity index (χ0) is 38.2. The minimum Gasteiger partial charge on any atom is -0.462 e. The molecule has 0 spiro atoms. The van der Waals surface area contributed by atoms with Crippen LogP contribution in [0.25, 0.3) is 0 Å². The lowest BCUT2D eigenvalue weighted by atomic mass is 10.0. The highest BCUT2D eigenvalue weighted by Gasteiger charge is 2.26. The third kappa shape index (κ3) is 38.5. The van der Waals surface area contributed by atoms with Crippen LogP contribution in [-0.2, 0) is 32.7 Å². The molecule has 0 aliphatic rings. The largest absolute Gasteiger partial charge is 0.472 e. The van der Waals surface area contributed by atoms with Crippen LogP contribution in [0.4, 0.5) is 0 Å². The van der Waals surface area contributed by atoms with Gasteiger partial charge in [0.25, 0.3) is 0 Å². The van der Waals surface area contributed by atoms with Gasteiger partial charge in [-0.15, -0.1) is 0 Å². The molecule has 2 unspecified atom stereocenters. The molecule has 0 aromatic carbocycles. The van der Waals surface area contributed by atoms with E-state index in [1.165, 1.54) is 122 Å². The molecule has 10 heteroatoms. The summed E-state index contributed by atoms with van der Waals surface area (Å²) in [6.07, 6.45) is 39.7. The maximum absolute atomic E-state index is 12.5. The summed E-state index contributed by atoms with van der Waals surface area (Å²) < 4.78 is 32.7. The van der Waals surface area contributed by atoms with Gasteiger partial charge < -0.3 is 20.1 Å². The summed E-state index contributed by atoms with van der Waals surface area (Å²) in [4.78, 5) is 34.7. The summed E-state index contributed by atoms with van der Waals surface area (Å²) in [6, 6.07) is 0. The lowest BCUT2D eigenvalue weighted by molar-refractivity contribution is -0.161. The molecule has 0 aliphatic carbocycles. The minimum absolute atomic E-state index is 0.0546. The fourth-order valence-corrected chi connectivity index (χ4v) is 6.93. The SMILES string of the molecule is CCC/C=C\CCCCCCCC(=O)OC(COC(=O)CCCCCCCCCCCCCCCCCCCCCCC)COP(=O)(O)OCCN. The Morgan fingerprint density at radius 3 is 1.44 bits per heavy atom. The monoisotopic (exact) mass is 760 g/mol. The van der Waals surface area contributed by atoms with Gasteiger partial charge in [-0.05, 0) is 32.1 Å². The van der Waals surface area contributed by atoms with Gasteiger partial charge in [0, 0.05) is 19.4 Å². The fraction of sp³-hybridized carbons (Fsp3) is 0.905. The fourth-order valence-electron chi connectivity index (χ4n) is 6.17. The van der Waals surface area contributed by atoms with Gasteiger partial charge in [0.1, 0.15) is 6.61 Å². The molecule has 0 radical (unpaired) electrons. The summed E-state index contributed by atoms with van der Waals surface area (Å²) >= 11 is 0. The first-order chi connectivity index (χ1) is 25.3. The zero-order valence-electron chi connectivity index (χ0n) is 33.8. The second-order valence-electron chi connectivity index (χ2n) is 14.6. The van der Waals surface area contributed by atoms with Crippen molar-refractivity contribution in [1.82, 2.24) is 0 Å². The van der Waals surface area contributed by atoms with Gasteiger partial charge in [-0.1, -0.05) is 180 Å². The molecule has 52 heavy (non-hydrogen) atoms. The van der Waals surface area contributed by atoms with Crippen LogP contribution >= 0.6 is 7.82 Å². The Morgan fingerprint density at radius 2 is 0.981 bits per heavy atom. The number of unbranched alkanes of at least 4 members (excludes halogenated alkanes) is 26. The number of allylic oxidation sites excluding steroid dienone is 2. The van der Waals surface area contributed by atoms with Crippen molar-refractivity contribution in [3.63, 3.8) is 0 Å². The van der Waals surface area contributed by atoms with Crippen molar-refractivity contribution in [2.45, 2.75) is 219 Å². The molecule has 2 atom stereocenters. The Bertz CT molecular complexity index is 871. The van der Waals surface area contributed by atoms with Crippen LogP contribution in [0.3, 0.4) is 0 Å². The molecule has 0 bridgehead atoms. The summed E-state index contributed by atoms with van der Waals surface area (Å²) in [5.74, 6) is -0.831. The average Bonchev–Trinajstić information content (AvgIpc) is 3.13. The van der Waals surface area contributed by atoms with E-state index in [0.717, 1.165) is 57.8 Å². The van der Waals surface area contributed by atoms with Crippen molar-refractivity contribution in [2.24, 2.45) is 5.73 Å². The molecule has 0 saturated carbocycles. The molecule has 308 valence electrons. The summed E-state index contributed by atoms with van der Waals surface area (Å²) in [7, 11) is -4.37. The highest BCUT2D eigenvalue weighted by Crippen LogP contribution is 2.43. The number of rotatable bonds is 41. The van der Waals surface area contributed by atoms with Crippen molar-refractivity contribution < 1.29 is 37.6 Å². The van der Waals surface area contributed by atoms with Crippen molar-refractivity contribution in [3.8, 4) is 0 Å². The third-order valence-corrected chi connectivity index (χ3v) is 10.4. The smallest absolute Gasteiger partial charge is 0.462 e. The number of carbonyl (C=O) groups excluding carboxylic acids is 2. The lowest BCUT2D eigenvalue weighted by Crippen LogP contribution is -2.29. The molecule has 0 aliphatic heterocycles. The van der Waals surface area contributed by atoms with Crippen LogP contribution in [0.1, 0.15) is 213 Å². The van der Waals surface area contributed by atoms with Gasteiger partial charge in [-0.2, -0.15) is 0 Å². The number of carbonyl (C=O) groups is 2. The molecule has 0 aromatic rings. The summed E-state index contributed by atoms with van der Waals surface area (Å²) in [5.41, 5.74) is 5.34.